The number of ether oxygens (including phenoxy) is 1. The normalized spacial score (nSPS) is 19.6. The predicted molar refractivity (Wildman–Crippen MR) is 113 cm³/mol. The molecule has 0 aliphatic carbocycles. The molecule has 4 rings (SSSR count). The minimum Gasteiger partial charge on any atom is -0.379 e. The Kier molecular flexibility index (Phi) is 6.07. The largest absolute Gasteiger partial charge is 0.379 e. The molecule has 2 aliphatic heterocycles. The molecule has 2 fully saturated rings. The summed E-state index contributed by atoms with van der Waals surface area (Å²) in [5.74, 6) is 1.75. The monoisotopic (exact) mass is 434 g/mol. The molecule has 2 aromatic rings. The van der Waals surface area contributed by atoms with Crippen LogP contribution in [0.1, 0.15) is 0 Å². The van der Waals surface area contributed by atoms with Crippen molar-refractivity contribution >= 4 is 38.6 Å². The van der Waals surface area contributed by atoms with Gasteiger partial charge in [0.05, 0.1) is 18.7 Å². The summed E-state index contributed by atoms with van der Waals surface area (Å²) in [6.07, 6.45) is 0. The van der Waals surface area contributed by atoms with Crippen molar-refractivity contribution in [2.24, 2.45) is 0 Å². The number of rotatable bonds is 5. The van der Waals surface area contributed by atoms with Gasteiger partial charge in [0, 0.05) is 62.2 Å². The Balaban J connectivity index is 1.53. The second-order valence-corrected chi connectivity index (χ2v) is 8.12. The number of fused-ring (bicyclic) bond motifs is 1. The molecular weight excluding hydrogens is 408 g/mol. The van der Waals surface area contributed by atoms with Gasteiger partial charge in [0.15, 0.2) is 0 Å². The Hall–Kier alpha value is -1.48. The summed E-state index contributed by atoms with van der Waals surface area (Å²) in [5, 5.41) is 4.62. The molecule has 3 heterocycles. The van der Waals surface area contributed by atoms with E-state index in [0.29, 0.717) is 0 Å². The van der Waals surface area contributed by atoms with Crippen molar-refractivity contribution in [2.45, 2.75) is 0 Å². The van der Waals surface area contributed by atoms with Gasteiger partial charge in [0.2, 0.25) is 5.95 Å². The number of nitrogens with one attached hydrogen (secondary N) is 1. The van der Waals surface area contributed by atoms with E-state index < -0.39 is 0 Å². The van der Waals surface area contributed by atoms with Crippen molar-refractivity contribution < 1.29 is 4.74 Å². The number of aromatic nitrogens is 2. The van der Waals surface area contributed by atoms with Crippen molar-refractivity contribution in [3.63, 3.8) is 0 Å². The maximum Gasteiger partial charge on any atom is 0.227 e. The number of hydrogen-bond acceptors (Lipinski definition) is 7. The predicted octanol–water partition coefficient (Wildman–Crippen LogP) is 1.89. The summed E-state index contributed by atoms with van der Waals surface area (Å²) in [7, 11) is 2.16. The fraction of sp³-hybridized carbons (Fsp3) is 0.579. The highest BCUT2D eigenvalue weighted by atomic mass is 79.9. The number of halogens is 1. The molecule has 2 aliphatic rings. The number of likely N-dealkylation sites (N-methyl/N-ethyl adjacent to an activating group) is 1. The Labute approximate surface area is 168 Å². The molecule has 0 amide bonds. The SMILES string of the molecule is CN1CCN(c2nc(NCCN3CCOCC3)c3cc(Br)ccc3n2)CC1. The van der Waals surface area contributed by atoms with Gasteiger partial charge in [-0.3, -0.25) is 4.90 Å². The first kappa shape index (κ1) is 18.9. The van der Waals surface area contributed by atoms with Gasteiger partial charge in [-0.25, -0.2) is 4.98 Å². The maximum atomic E-state index is 5.43. The molecule has 2 saturated heterocycles. The molecule has 27 heavy (non-hydrogen) atoms. The molecule has 0 spiro atoms. The lowest BCUT2D eigenvalue weighted by Gasteiger charge is -2.32. The van der Waals surface area contributed by atoms with Crippen LogP contribution < -0.4 is 10.2 Å². The highest BCUT2D eigenvalue weighted by molar-refractivity contribution is 9.10. The van der Waals surface area contributed by atoms with Crippen molar-refractivity contribution in [1.29, 1.82) is 0 Å². The second-order valence-electron chi connectivity index (χ2n) is 7.20. The highest BCUT2D eigenvalue weighted by Gasteiger charge is 2.19. The van der Waals surface area contributed by atoms with Crippen LogP contribution in [-0.4, -0.2) is 92.4 Å². The van der Waals surface area contributed by atoms with E-state index in [1.54, 1.807) is 0 Å². The third-order valence-electron chi connectivity index (χ3n) is 5.26. The van der Waals surface area contributed by atoms with Crippen LogP contribution in [-0.2, 0) is 4.74 Å². The van der Waals surface area contributed by atoms with Gasteiger partial charge in [-0.1, -0.05) is 15.9 Å². The van der Waals surface area contributed by atoms with Crippen LogP contribution in [0.15, 0.2) is 22.7 Å². The first-order valence-electron chi connectivity index (χ1n) is 9.64. The van der Waals surface area contributed by atoms with Gasteiger partial charge in [0.25, 0.3) is 0 Å². The van der Waals surface area contributed by atoms with Crippen LogP contribution >= 0.6 is 15.9 Å². The lowest BCUT2D eigenvalue weighted by atomic mass is 10.2. The van der Waals surface area contributed by atoms with Crippen LogP contribution in [0.2, 0.25) is 0 Å². The van der Waals surface area contributed by atoms with Gasteiger partial charge in [-0.2, -0.15) is 4.98 Å². The standard InChI is InChI=1S/C19H27BrN6O/c1-24-6-8-26(9-7-24)19-22-17-3-2-15(20)14-16(17)18(23-19)21-4-5-25-10-12-27-13-11-25/h2-3,14H,4-13H2,1H3,(H,21,22,23). The zero-order valence-electron chi connectivity index (χ0n) is 15.8. The van der Waals surface area contributed by atoms with E-state index in [0.717, 1.165) is 92.7 Å². The molecule has 7 nitrogen and oxygen atoms in total. The maximum absolute atomic E-state index is 5.43. The van der Waals surface area contributed by atoms with Crippen molar-refractivity contribution in [2.75, 3.05) is 82.8 Å². The number of piperazine rings is 1. The molecule has 1 aromatic heterocycles. The quantitative estimate of drug-likeness (QED) is 0.770. The fourth-order valence-electron chi connectivity index (χ4n) is 3.53. The number of nitrogens with zero attached hydrogens (tertiary/aromatic N) is 5. The molecule has 0 unspecified atom stereocenters. The third-order valence-corrected chi connectivity index (χ3v) is 5.75. The van der Waals surface area contributed by atoms with Gasteiger partial charge < -0.3 is 19.9 Å². The molecule has 1 N–H and O–H groups in total. The first-order valence-corrected chi connectivity index (χ1v) is 10.4. The van der Waals surface area contributed by atoms with E-state index in [1.807, 2.05) is 6.07 Å². The molecule has 0 atom stereocenters. The highest BCUT2D eigenvalue weighted by Crippen LogP contribution is 2.27. The molecule has 1 aromatic carbocycles. The molecule has 0 radical (unpaired) electrons. The summed E-state index contributed by atoms with van der Waals surface area (Å²) < 4.78 is 6.47. The number of morpholine rings is 1. The van der Waals surface area contributed by atoms with Gasteiger partial charge in [0.1, 0.15) is 5.82 Å². The fourth-order valence-corrected chi connectivity index (χ4v) is 3.89. The lowest BCUT2D eigenvalue weighted by Crippen LogP contribution is -2.45. The minimum absolute atomic E-state index is 0.826. The summed E-state index contributed by atoms with van der Waals surface area (Å²) in [6.45, 7) is 9.54. The zero-order chi connectivity index (χ0) is 18.6. The Morgan fingerprint density at radius 3 is 2.63 bits per heavy atom. The van der Waals surface area contributed by atoms with E-state index in [1.165, 1.54) is 0 Å². The molecule has 146 valence electrons. The van der Waals surface area contributed by atoms with Crippen molar-refractivity contribution in [3.05, 3.63) is 22.7 Å². The van der Waals surface area contributed by atoms with Gasteiger partial charge in [-0.15, -0.1) is 0 Å². The number of anilines is 2. The second kappa shape index (κ2) is 8.68. The van der Waals surface area contributed by atoms with E-state index in [2.05, 4.69) is 55.1 Å². The molecular formula is C19H27BrN6O. The average Bonchev–Trinajstić information content (AvgIpc) is 2.69. The smallest absolute Gasteiger partial charge is 0.227 e. The Morgan fingerprint density at radius 1 is 1.07 bits per heavy atom. The van der Waals surface area contributed by atoms with Crippen LogP contribution in [0.3, 0.4) is 0 Å². The van der Waals surface area contributed by atoms with Crippen molar-refractivity contribution in [3.8, 4) is 0 Å². The van der Waals surface area contributed by atoms with Crippen LogP contribution in [0.5, 0.6) is 0 Å². The van der Waals surface area contributed by atoms with E-state index in [-0.39, 0.29) is 0 Å². The molecule has 0 saturated carbocycles. The summed E-state index contributed by atoms with van der Waals surface area (Å²) >= 11 is 3.58. The van der Waals surface area contributed by atoms with E-state index >= 15 is 0 Å². The zero-order valence-corrected chi connectivity index (χ0v) is 17.4. The average molecular weight is 435 g/mol. The van der Waals surface area contributed by atoms with Crippen molar-refractivity contribution in [1.82, 2.24) is 19.8 Å². The van der Waals surface area contributed by atoms with Crippen LogP contribution in [0.25, 0.3) is 10.9 Å². The van der Waals surface area contributed by atoms with Gasteiger partial charge >= 0.3 is 0 Å². The first-order chi connectivity index (χ1) is 13.2. The van der Waals surface area contributed by atoms with Crippen LogP contribution in [0, 0.1) is 0 Å². The Bertz CT molecular complexity index is 774. The summed E-state index contributed by atoms with van der Waals surface area (Å²) in [6, 6.07) is 6.20. The minimum atomic E-state index is 0.826. The van der Waals surface area contributed by atoms with Crippen LogP contribution in [0.4, 0.5) is 11.8 Å². The Morgan fingerprint density at radius 2 is 1.85 bits per heavy atom. The van der Waals surface area contributed by atoms with E-state index in [4.69, 9.17) is 14.7 Å². The molecule has 8 heteroatoms. The summed E-state index contributed by atoms with van der Waals surface area (Å²) in [5.41, 5.74) is 0.982. The number of benzene rings is 1. The third kappa shape index (κ3) is 4.68. The number of hydrogen-bond donors (Lipinski definition) is 1. The summed E-state index contributed by atoms with van der Waals surface area (Å²) in [4.78, 5) is 16.8. The van der Waals surface area contributed by atoms with Gasteiger partial charge in [-0.05, 0) is 25.2 Å². The topological polar surface area (TPSA) is 56.8 Å². The molecule has 0 bridgehead atoms. The van der Waals surface area contributed by atoms with E-state index in [9.17, 15) is 0 Å². The lowest BCUT2D eigenvalue weighted by molar-refractivity contribution is 0.0398.